The summed E-state index contributed by atoms with van der Waals surface area (Å²) in [5.41, 5.74) is 3.27. The van der Waals surface area contributed by atoms with Crippen LogP contribution >= 0.6 is 0 Å². The van der Waals surface area contributed by atoms with Crippen LogP contribution in [0, 0.1) is 12.7 Å². The van der Waals surface area contributed by atoms with E-state index in [1.54, 1.807) is 0 Å². The molecule has 0 fully saturated rings. The van der Waals surface area contributed by atoms with Gasteiger partial charge in [-0.2, -0.15) is 0 Å². The highest BCUT2D eigenvalue weighted by Gasteiger charge is 2.05. The van der Waals surface area contributed by atoms with Crippen molar-refractivity contribution in [3.8, 4) is 0 Å². The molecular formula is C16H15FN4O. The van der Waals surface area contributed by atoms with Gasteiger partial charge in [0.25, 0.3) is 0 Å². The Morgan fingerprint density at radius 1 is 1.27 bits per heavy atom. The van der Waals surface area contributed by atoms with E-state index < -0.39 is 0 Å². The first-order valence-corrected chi connectivity index (χ1v) is 6.85. The van der Waals surface area contributed by atoms with Crippen molar-refractivity contribution in [2.75, 3.05) is 5.32 Å². The summed E-state index contributed by atoms with van der Waals surface area (Å²) >= 11 is 0. The van der Waals surface area contributed by atoms with Gasteiger partial charge in [-0.1, -0.05) is 0 Å². The maximum atomic E-state index is 12.8. The molecule has 22 heavy (non-hydrogen) atoms. The number of anilines is 1. The number of hydrogen-bond acceptors (Lipinski definition) is 2. The molecule has 3 aromatic rings. The van der Waals surface area contributed by atoms with Crippen molar-refractivity contribution in [3.05, 3.63) is 65.9 Å². The first-order chi connectivity index (χ1) is 10.6. The van der Waals surface area contributed by atoms with E-state index in [9.17, 15) is 9.18 Å². The number of benzene rings is 1. The van der Waals surface area contributed by atoms with Crippen LogP contribution in [0.25, 0.3) is 5.65 Å². The Labute approximate surface area is 126 Å². The molecule has 2 heterocycles. The molecule has 5 nitrogen and oxygen atoms in total. The Kier molecular flexibility index (Phi) is 3.74. The molecule has 0 saturated heterocycles. The number of fused-ring (bicyclic) bond motifs is 1. The van der Waals surface area contributed by atoms with Crippen LogP contribution in [0.5, 0.6) is 0 Å². The molecule has 0 saturated carbocycles. The fraction of sp³-hybridized carbons (Fsp3) is 0.125. The molecule has 0 atom stereocenters. The first-order valence-electron chi connectivity index (χ1n) is 6.85. The molecule has 1 aromatic carbocycles. The predicted molar refractivity (Wildman–Crippen MR) is 82.2 cm³/mol. The molecule has 0 aliphatic carbocycles. The highest BCUT2D eigenvalue weighted by molar-refractivity contribution is 5.89. The average molecular weight is 298 g/mol. The van der Waals surface area contributed by atoms with Gasteiger partial charge in [-0.3, -0.25) is 0 Å². The van der Waals surface area contributed by atoms with Gasteiger partial charge in [0.05, 0.1) is 12.2 Å². The number of carbonyl (C=O) groups excluding carboxylic acids is 1. The van der Waals surface area contributed by atoms with E-state index in [-0.39, 0.29) is 11.8 Å². The zero-order chi connectivity index (χ0) is 15.5. The standard InChI is InChI=1S/C16H15FN4O/c1-11-6-7-21-10-14(19-15(21)8-11)9-18-16(22)20-13-4-2-12(17)3-5-13/h2-8,10H,9H2,1H3,(H2,18,20,22). The van der Waals surface area contributed by atoms with E-state index in [0.717, 1.165) is 16.9 Å². The molecule has 2 N–H and O–H groups in total. The van der Waals surface area contributed by atoms with Gasteiger partial charge in [0.1, 0.15) is 11.5 Å². The van der Waals surface area contributed by atoms with Crippen LogP contribution in [0.4, 0.5) is 14.9 Å². The number of imidazole rings is 1. The quantitative estimate of drug-likeness (QED) is 0.780. The van der Waals surface area contributed by atoms with E-state index in [1.807, 2.05) is 35.9 Å². The number of urea groups is 1. The maximum Gasteiger partial charge on any atom is 0.319 e. The van der Waals surface area contributed by atoms with E-state index in [4.69, 9.17) is 0 Å². The number of carbonyl (C=O) groups is 1. The van der Waals surface area contributed by atoms with Gasteiger partial charge in [0.2, 0.25) is 0 Å². The summed E-state index contributed by atoms with van der Waals surface area (Å²) in [6.45, 7) is 2.32. The molecule has 0 aliphatic heterocycles. The number of nitrogens with one attached hydrogen (secondary N) is 2. The lowest BCUT2D eigenvalue weighted by molar-refractivity contribution is 0.251. The molecule has 0 radical (unpaired) electrons. The van der Waals surface area contributed by atoms with Crippen molar-refractivity contribution in [1.29, 1.82) is 0 Å². The molecular weight excluding hydrogens is 283 g/mol. The van der Waals surface area contributed by atoms with Crippen molar-refractivity contribution in [2.24, 2.45) is 0 Å². The smallest absolute Gasteiger partial charge is 0.319 e. The van der Waals surface area contributed by atoms with Crippen LogP contribution in [0.1, 0.15) is 11.3 Å². The largest absolute Gasteiger partial charge is 0.332 e. The highest BCUT2D eigenvalue weighted by atomic mass is 19.1. The zero-order valence-electron chi connectivity index (χ0n) is 12.0. The number of rotatable bonds is 3. The second-order valence-electron chi connectivity index (χ2n) is 5.02. The zero-order valence-corrected chi connectivity index (χ0v) is 12.0. The normalized spacial score (nSPS) is 10.6. The number of hydrogen-bond donors (Lipinski definition) is 2. The lowest BCUT2D eigenvalue weighted by Gasteiger charge is -2.06. The Balaban J connectivity index is 1.61. The van der Waals surface area contributed by atoms with Gasteiger partial charge >= 0.3 is 6.03 Å². The molecule has 2 aromatic heterocycles. The summed E-state index contributed by atoms with van der Waals surface area (Å²) in [6, 6.07) is 9.19. The van der Waals surface area contributed by atoms with Gasteiger partial charge < -0.3 is 15.0 Å². The number of amides is 2. The third-order valence-corrected chi connectivity index (χ3v) is 3.20. The summed E-state index contributed by atoms with van der Waals surface area (Å²) in [4.78, 5) is 16.2. The molecule has 2 amide bonds. The van der Waals surface area contributed by atoms with Crippen molar-refractivity contribution in [1.82, 2.24) is 14.7 Å². The van der Waals surface area contributed by atoms with Gasteiger partial charge in [0.15, 0.2) is 0 Å². The molecule has 6 heteroatoms. The van der Waals surface area contributed by atoms with Crippen LogP contribution in [0.15, 0.2) is 48.8 Å². The summed E-state index contributed by atoms with van der Waals surface area (Å²) < 4.78 is 14.7. The minimum atomic E-state index is -0.361. The maximum absolute atomic E-state index is 12.8. The Morgan fingerprint density at radius 3 is 2.82 bits per heavy atom. The fourth-order valence-electron chi connectivity index (χ4n) is 2.10. The third kappa shape index (κ3) is 3.22. The van der Waals surface area contributed by atoms with Crippen LogP contribution in [0.2, 0.25) is 0 Å². The van der Waals surface area contributed by atoms with E-state index in [0.29, 0.717) is 12.2 Å². The topological polar surface area (TPSA) is 58.4 Å². The van der Waals surface area contributed by atoms with Crippen LogP contribution in [0.3, 0.4) is 0 Å². The predicted octanol–water partition coefficient (Wildman–Crippen LogP) is 3.10. The second-order valence-corrected chi connectivity index (χ2v) is 5.02. The lowest BCUT2D eigenvalue weighted by atomic mass is 10.3. The van der Waals surface area contributed by atoms with Gasteiger partial charge in [-0.25, -0.2) is 14.2 Å². The Bertz CT molecular complexity index is 811. The van der Waals surface area contributed by atoms with E-state index in [2.05, 4.69) is 15.6 Å². The molecule has 3 rings (SSSR count). The van der Waals surface area contributed by atoms with Crippen molar-refractivity contribution in [2.45, 2.75) is 13.5 Å². The minimum absolute atomic E-state index is 0.313. The number of aromatic nitrogens is 2. The Hall–Kier alpha value is -2.89. The summed E-state index contributed by atoms with van der Waals surface area (Å²) in [7, 11) is 0. The minimum Gasteiger partial charge on any atom is -0.332 e. The Morgan fingerprint density at radius 2 is 2.05 bits per heavy atom. The number of pyridine rings is 1. The fourth-order valence-corrected chi connectivity index (χ4v) is 2.10. The average Bonchev–Trinajstić information content (AvgIpc) is 2.89. The molecule has 0 aliphatic rings. The number of aryl methyl sites for hydroxylation is 1. The van der Waals surface area contributed by atoms with Gasteiger partial charge in [-0.05, 0) is 48.9 Å². The molecule has 112 valence electrons. The SMILES string of the molecule is Cc1ccn2cc(CNC(=O)Nc3ccc(F)cc3)nc2c1. The monoisotopic (exact) mass is 298 g/mol. The van der Waals surface area contributed by atoms with E-state index in [1.165, 1.54) is 24.3 Å². The number of halogens is 1. The van der Waals surface area contributed by atoms with Gasteiger partial charge in [0, 0.05) is 18.1 Å². The summed E-state index contributed by atoms with van der Waals surface area (Å²) in [5, 5.41) is 5.35. The van der Waals surface area contributed by atoms with Crippen LogP contribution in [-0.2, 0) is 6.54 Å². The van der Waals surface area contributed by atoms with Crippen molar-refractivity contribution < 1.29 is 9.18 Å². The second kappa shape index (κ2) is 5.85. The molecule has 0 bridgehead atoms. The van der Waals surface area contributed by atoms with Crippen molar-refractivity contribution >= 4 is 17.4 Å². The van der Waals surface area contributed by atoms with Crippen LogP contribution in [-0.4, -0.2) is 15.4 Å². The molecule has 0 spiro atoms. The molecule has 0 unspecified atom stereocenters. The van der Waals surface area contributed by atoms with Crippen LogP contribution < -0.4 is 10.6 Å². The lowest BCUT2D eigenvalue weighted by Crippen LogP contribution is -2.28. The number of nitrogens with zero attached hydrogens (tertiary/aromatic N) is 2. The van der Waals surface area contributed by atoms with E-state index >= 15 is 0 Å². The van der Waals surface area contributed by atoms with Gasteiger partial charge in [-0.15, -0.1) is 0 Å². The van der Waals surface area contributed by atoms with Crippen molar-refractivity contribution in [3.63, 3.8) is 0 Å². The third-order valence-electron chi connectivity index (χ3n) is 3.20. The summed E-state index contributed by atoms with van der Waals surface area (Å²) in [6.07, 6.45) is 3.80. The first kappa shape index (κ1) is 14.1. The highest BCUT2D eigenvalue weighted by Crippen LogP contribution is 2.09. The summed E-state index contributed by atoms with van der Waals surface area (Å²) in [5.74, 6) is -0.342.